The SMILES string of the molecule is CC(C)CN([C@H](C)c1ccc(N2CCC(O)CC2)cc1)S(=O)(=O)Cc1ccccc1. The maximum atomic E-state index is 13.3. The lowest BCUT2D eigenvalue weighted by Crippen LogP contribution is -2.37. The highest BCUT2D eigenvalue weighted by Crippen LogP contribution is 2.29. The Balaban J connectivity index is 1.78. The zero-order valence-electron chi connectivity index (χ0n) is 18.2. The molecular formula is C24H34N2O3S. The van der Waals surface area contributed by atoms with Crippen LogP contribution >= 0.6 is 0 Å². The van der Waals surface area contributed by atoms with Gasteiger partial charge in [0.25, 0.3) is 0 Å². The second-order valence-corrected chi connectivity index (χ2v) is 10.6. The van der Waals surface area contributed by atoms with Gasteiger partial charge in [0, 0.05) is 31.4 Å². The van der Waals surface area contributed by atoms with Gasteiger partial charge in [-0.2, -0.15) is 4.31 Å². The van der Waals surface area contributed by atoms with Crippen LogP contribution in [0.25, 0.3) is 0 Å². The van der Waals surface area contributed by atoms with E-state index in [2.05, 4.69) is 17.0 Å². The van der Waals surface area contributed by atoms with Crippen LogP contribution in [0.3, 0.4) is 0 Å². The van der Waals surface area contributed by atoms with Crippen LogP contribution in [0.2, 0.25) is 0 Å². The predicted molar refractivity (Wildman–Crippen MR) is 123 cm³/mol. The van der Waals surface area contributed by atoms with E-state index in [9.17, 15) is 13.5 Å². The summed E-state index contributed by atoms with van der Waals surface area (Å²) in [5.41, 5.74) is 2.93. The number of hydrogen-bond donors (Lipinski definition) is 1. The van der Waals surface area contributed by atoms with E-state index in [-0.39, 0.29) is 23.8 Å². The lowest BCUT2D eigenvalue weighted by molar-refractivity contribution is 0.145. The number of hydrogen-bond acceptors (Lipinski definition) is 4. The number of anilines is 1. The van der Waals surface area contributed by atoms with Crippen molar-refractivity contribution in [2.45, 2.75) is 51.5 Å². The van der Waals surface area contributed by atoms with Crippen LogP contribution in [0.4, 0.5) is 5.69 Å². The molecule has 0 aromatic heterocycles. The molecule has 5 nitrogen and oxygen atoms in total. The fraction of sp³-hybridized carbons (Fsp3) is 0.500. The van der Waals surface area contributed by atoms with Gasteiger partial charge in [0.2, 0.25) is 10.0 Å². The van der Waals surface area contributed by atoms with Crippen LogP contribution in [-0.2, 0) is 15.8 Å². The third-order valence-electron chi connectivity index (χ3n) is 5.73. The smallest absolute Gasteiger partial charge is 0.218 e. The summed E-state index contributed by atoms with van der Waals surface area (Å²) in [6.07, 6.45) is 1.38. The molecule has 1 atom stereocenters. The quantitative estimate of drug-likeness (QED) is 0.682. The summed E-state index contributed by atoms with van der Waals surface area (Å²) < 4.78 is 28.2. The number of sulfonamides is 1. The maximum absolute atomic E-state index is 13.3. The third kappa shape index (κ3) is 5.84. The molecule has 0 saturated carbocycles. The second kappa shape index (κ2) is 9.94. The molecule has 0 amide bonds. The van der Waals surface area contributed by atoms with Gasteiger partial charge in [-0.05, 0) is 48.9 Å². The molecule has 0 aliphatic carbocycles. The number of benzene rings is 2. The average molecular weight is 431 g/mol. The first-order chi connectivity index (χ1) is 14.3. The summed E-state index contributed by atoms with van der Waals surface area (Å²) in [6.45, 7) is 8.25. The molecule has 1 heterocycles. The summed E-state index contributed by atoms with van der Waals surface area (Å²) in [4.78, 5) is 2.28. The van der Waals surface area contributed by atoms with Crippen molar-refractivity contribution in [3.05, 3.63) is 65.7 Å². The minimum atomic E-state index is -3.46. The van der Waals surface area contributed by atoms with Crippen LogP contribution in [-0.4, -0.2) is 43.6 Å². The Morgan fingerprint density at radius 3 is 2.17 bits per heavy atom. The van der Waals surface area contributed by atoms with Crippen molar-refractivity contribution < 1.29 is 13.5 Å². The highest BCUT2D eigenvalue weighted by Gasteiger charge is 2.29. The Hall–Kier alpha value is -1.89. The molecule has 2 aromatic rings. The van der Waals surface area contributed by atoms with E-state index in [1.807, 2.05) is 63.2 Å². The predicted octanol–water partition coefficient (Wildman–Crippen LogP) is 4.20. The summed E-state index contributed by atoms with van der Waals surface area (Å²) in [7, 11) is -3.46. The zero-order chi connectivity index (χ0) is 21.7. The van der Waals surface area contributed by atoms with E-state index in [0.717, 1.165) is 42.7 Å². The molecule has 0 radical (unpaired) electrons. The molecule has 1 aliphatic rings. The van der Waals surface area contributed by atoms with E-state index < -0.39 is 10.0 Å². The molecular weight excluding hydrogens is 396 g/mol. The van der Waals surface area contributed by atoms with Gasteiger partial charge in [-0.3, -0.25) is 0 Å². The van der Waals surface area contributed by atoms with Gasteiger partial charge < -0.3 is 10.0 Å². The molecule has 0 spiro atoms. The highest BCUT2D eigenvalue weighted by atomic mass is 32.2. The first-order valence-corrected chi connectivity index (χ1v) is 12.4. The number of nitrogens with zero attached hydrogens (tertiary/aromatic N) is 2. The van der Waals surface area contributed by atoms with Gasteiger partial charge in [-0.15, -0.1) is 0 Å². The number of rotatable bonds is 8. The lowest BCUT2D eigenvalue weighted by atomic mass is 10.0. The molecule has 1 saturated heterocycles. The van der Waals surface area contributed by atoms with Crippen molar-refractivity contribution in [2.24, 2.45) is 5.92 Å². The molecule has 164 valence electrons. The van der Waals surface area contributed by atoms with Crippen molar-refractivity contribution in [1.82, 2.24) is 4.31 Å². The highest BCUT2D eigenvalue weighted by molar-refractivity contribution is 7.88. The molecule has 0 bridgehead atoms. The lowest BCUT2D eigenvalue weighted by Gasteiger charge is -2.33. The van der Waals surface area contributed by atoms with Gasteiger partial charge in [0.1, 0.15) is 0 Å². The Bertz CT molecular complexity index is 890. The fourth-order valence-electron chi connectivity index (χ4n) is 3.99. The molecule has 1 fully saturated rings. The number of piperidine rings is 1. The standard InChI is InChI=1S/C24H34N2O3S/c1-19(2)17-26(30(28,29)18-21-7-5-4-6-8-21)20(3)22-9-11-23(12-10-22)25-15-13-24(27)14-16-25/h4-12,19-20,24,27H,13-18H2,1-3H3/t20-/m1/s1. The van der Waals surface area contributed by atoms with Gasteiger partial charge in [-0.1, -0.05) is 56.3 Å². The summed E-state index contributed by atoms with van der Waals surface area (Å²) in [5.74, 6) is 0.246. The normalized spacial score (nSPS) is 16.9. The molecule has 2 aromatic carbocycles. The molecule has 1 N–H and O–H groups in total. The van der Waals surface area contributed by atoms with Crippen molar-refractivity contribution in [3.8, 4) is 0 Å². The van der Waals surface area contributed by atoms with Crippen LogP contribution in [0.5, 0.6) is 0 Å². The average Bonchev–Trinajstić information content (AvgIpc) is 2.72. The minimum absolute atomic E-state index is 0.0130. The van der Waals surface area contributed by atoms with Crippen molar-refractivity contribution in [3.63, 3.8) is 0 Å². The molecule has 30 heavy (non-hydrogen) atoms. The van der Waals surface area contributed by atoms with Gasteiger partial charge >= 0.3 is 0 Å². The Morgan fingerprint density at radius 1 is 1.00 bits per heavy atom. The summed E-state index contributed by atoms with van der Waals surface area (Å²) in [6, 6.07) is 17.3. The first-order valence-electron chi connectivity index (χ1n) is 10.8. The van der Waals surface area contributed by atoms with Gasteiger partial charge in [-0.25, -0.2) is 8.42 Å². The van der Waals surface area contributed by atoms with Crippen molar-refractivity contribution >= 4 is 15.7 Å². The van der Waals surface area contributed by atoms with Crippen LogP contribution in [0, 0.1) is 5.92 Å². The molecule has 1 aliphatic heterocycles. The largest absolute Gasteiger partial charge is 0.393 e. The second-order valence-electron chi connectivity index (χ2n) is 8.69. The number of aliphatic hydroxyl groups is 1. The Labute approximate surface area is 181 Å². The van der Waals surface area contributed by atoms with Crippen LogP contribution in [0.1, 0.15) is 50.8 Å². The topological polar surface area (TPSA) is 60.9 Å². The van der Waals surface area contributed by atoms with E-state index in [4.69, 9.17) is 0 Å². The zero-order valence-corrected chi connectivity index (χ0v) is 19.1. The third-order valence-corrected chi connectivity index (χ3v) is 7.61. The van der Waals surface area contributed by atoms with E-state index in [1.165, 1.54) is 0 Å². The Kier molecular flexibility index (Phi) is 7.55. The first kappa shape index (κ1) is 22.8. The summed E-state index contributed by atoms with van der Waals surface area (Å²) in [5, 5.41) is 9.72. The van der Waals surface area contributed by atoms with Crippen molar-refractivity contribution in [2.75, 3.05) is 24.5 Å². The van der Waals surface area contributed by atoms with Crippen molar-refractivity contribution in [1.29, 1.82) is 0 Å². The molecule has 6 heteroatoms. The van der Waals surface area contributed by atoms with E-state index >= 15 is 0 Å². The van der Waals surface area contributed by atoms with Gasteiger partial charge in [0.15, 0.2) is 0 Å². The van der Waals surface area contributed by atoms with E-state index in [0.29, 0.717) is 6.54 Å². The van der Waals surface area contributed by atoms with Crippen LogP contribution < -0.4 is 4.90 Å². The monoisotopic (exact) mass is 430 g/mol. The maximum Gasteiger partial charge on any atom is 0.218 e. The molecule has 0 unspecified atom stereocenters. The summed E-state index contributed by atoms with van der Waals surface area (Å²) >= 11 is 0. The van der Waals surface area contributed by atoms with Crippen LogP contribution in [0.15, 0.2) is 54.6 Å². The minimum Gasteiger partial charge on any atom is -0.393 e. The number of aliphatic hydroxyl groups excluding tert-OH is 1. The Morgan fingerprint density at radius 2 is 1.60 bits per heavy atom. The molecule has 3 rings (SSSR count). The van der Waals surface area contributed by atoms with E-state index in [1.54, 1.807) is 4.31 Å². The fourth-order valence-corrected chi connectivity index (χ4v) is 5.90. The van der Waals surface area contributed by atoms with Gasteiger partial charge in [0.05, 0.1) is 11.9 Å².